The lowest BCUT2D eigenvalue weighted by molar-refractivity contribution is 0.0959. The third-order valence-corrected chi connectivity index (χ3v) is 6.49. The highest BCUT2D eigenvalue weighted by Gasteiger charge is 2.23. The number of likely N-dealkylation sites (tertiary alicyclic amines) is 1. The van der Waals surface area contributed by atoms with E-state index in [9.17, 15) is 9.59 Å². The minimum Gasteiger partial charge on any atom is -0.490 e. The number of carbonyl (C=O) groups excluding carboxylic acids is 2. The number of carbonyl (C=O) groups is 2. The van der Waals surface area contributed by atoms with Crippen LogP contribution < -0.4 is 15.8 Å². The lowest BCUT2D eigenvalue weighted by Gasteiger charge is -2.32. The van der Waals surface area contributed by atoms with Crippen LogP contribution in [0.25, 0.3) is 11.0 Å². The number of hydrogen-bond acceptors (Lipinski definition) is 5. The van der Waals surface area contributed by atoms with Crippen molar-refractivity contribution in [3.63, 3.8) is 0 Å². The number of nitrogens with two attached hydrogens (primary N) is 1. The first kappa shape index (κ1) is 23.6. The first-order valence-electron chi connectivity index (χ1n) is 12.1. The number of aryl methyl sites for hydroxylation is 1. The summed E-state index contributed by atoms with van der Waals surface area (Å²) in [7, 11) is 0. The second-order valence-corrected chi connectivity index (χ2v) is 9.23. The number of primary amides is 1. The van der Waals surface area contributed by atoms with Gasteiger partial charge in [0, 0.05) is 30.6 Å². The van der Waals surface area contributed by atoms with Crippen molar-refractivity contribution in [2.45, 2.75) is 32.4 Å². The summed E-state index contributed by atoms with van der Waals surface area (Å²) in [4.78, 5) is 27.5. The van der Waals surface area contributed by atoms with Crippen molar-refractivity contribution in [3.8, 4) is 5.75 Å². The minimum absolute atomic E-state index is 0.0707. The molecule has 1 saturated heterocycles. The lowest BCUT2D eigenvalue weighted by atomic mass is 10.1. The summed E-state index contributed by atoms with van der Waals surface area (Å²) < 4.78 is 11.9. The van der Waals surface area contributed by atoms with Gasteiger partial charge in [0.15, 0.2) is 0 Å². The molecule has 0 aliphatic carbocycles. The molecular weight excluding hydrogens is 454 g/mol. The van der Waals surface area contributed by atoms with Gasteiger partial charge in [0.2, 0.25) is 5.76 Å². The van der Waals surface area contributed by atoms with E-state index >= 15 is 0 Å². The Bertz CT molecular complexity index is 1390. The number of nitrogens with zero attached hydrogens (tertiary/aromatic N) is 1. The Morgan fingerprint density at radius 2 is 1.81 bits per heavy atom. The number of hydrogen-bond donors (Lipinski definition) is 2. The maximum absolute atomic E-state index is 13.1. The van der Waals surface area contributed by atoms with Gasteiger partial charge in [-0.25, -0.2) is 0 Å². The standard InChI is InChI=1S/C29H29N3O4/c1-19-10-11-24-25(16-19)36-27(28(30)33)26(24)31-29(34)21-8-5-9-23(17-21)35-22-12-14-32(15-13-22)18-20-6-3-2-4-7-20/h2-11,16-17,22H,12-15,18H2,1H3,(H2,30,33)(H,31,34). The molecule has 0 saturated carbocycles. The Morgan fingerprint density at radius 1 is 1.03 bits per heavy atom. The van der Waals surface area contributed by atoms with E-state index in [0.717, 1.165) is 38.0 Å². The summed E-state index contributed by atoms with van der Waals surface area (Å²) in [6.45, 7) is 4.78. The van der Waals surface area contributed by atoms with Gasteiger partial charge < -0.3 is 20.2 Å². The number of piperidine rings is 1. The fourth-order valence-electron chi connectivity index (χ4n) is 4.62. The van der Waals surface area contributed by atoms with Gasteiger partial charge in [0.1, 0.15) is 23.1 Å². The van der Waals surface area contributed by atoms with Gasteiger partial charge in [-0.15, -0.1) is 0 Å². The van der Waals surface area contributed by atoms with Crippen LogP contribution in [0.3, 0.4) is 0 Å². The number of anilines is 1. The molecule has 2 amide bonds. The maximum atomic E-state index is 13.1. The monoisotopic (exact) mass is 483 g/mol. The molecular formula is C29H29N3O4. The smallest absolute Gasteiger partial charge is 0.286 e. The molecule has 1 aliphatic rings. The zero-order valence-electron chi connectivity index (χ0n) is 20.2. The summed E-state index contributed by atoms with van der Waals surface area (Å²) in [5.74, 6) is -0.538. The summed E-state index contributed by atoms with van der Waals surface area (Å²) in [5, 5.41) is 3.44. The quantitative estimate of drug-likeness (QED) is 0.380. The highest BCUT2D eigenvalue weighted by atomic mass is 16.5. The fraction of sp³-hybridized carbons (Fsp3) is 0.241. The molecule has 3 N–H and O–H groups in total. The van der Waals surface area contributed by atoms with Gasteiger partial charge in [0.25, 0.3) is 11.8 Å². The van der Waals surface area contributed by atoms with Crippen LogP contribution in [0.4, 0.5) is 5.69 Å². The van der Waals surface area contributed by atoms with Crippen LogP contribution in [0.15, 0.2) is 77.2 Å². The molecule has 1 fully saturated rings. The third kappa shape index (κ3) is 5.26. The number of nitrogens with one attached hydrogen (secondary N) is 1. The molecule has 0 radical (unpaired) electrons. The number of rotatable bonds is 7. The molecule has 7 heteroatoms. The number of ether oxygens (including phenoxy) is 1. The van der Waals surface area contributed by atoms with Gasteiger partial charge in [0.05, 0.1) is 0 Å². The number of furan rings is 1. The van der Waals surface area contributed by atoms with Crippen molar-refractivity contribution in [1.29, 1.82) is 0 Å². The van der Waals surface area contributed by atoms with E-state index in [4.69, 9.17) is 14.9 Å². The molecule has 1 aliphatic heterocycles. The minimum atomic E-state index is -0.741. The van der Waals surface area contributed by atoms with Gasteiger partial charge in [-0.05, 0) is 61.2 Å². The first-order valence-corrected chi connectivity index (χ1v) is 12.1. The molecule has 0 atom stereocenters. The molecule has 0 bridgehead atoms. The summed E-state index contributed by atoms with van der Waals surface area (Å²) in [5.41, 5.74) is 8.99. The highest BCUT2D eigenvalue weighted by Crippen LogP contribution is 2.32. The summed E-state index contributed by atoms with van der Waals surface area (Å²) >= 11 is 0. The highest BCUT2D eigenvalue weighted by molar-refractivity contribution is 6.14. The lowest BCUT2D eigenvalue weighted by Crippen LogP contribution is -2.37. The molecule has 36 heavy (non-hydrogen) atoms. The van der Waals surface area contributed by atoms with Crippen molar-refractivity contribution >= 4 is 28.5 Å². The van der Waals surface area contributed by atoms with Crippen LogP contribution in [0.5, 0.6) is 5.75 Å². The predicted octanol–water partition coefficient (Wildman–Crippen LogP) is 5.14. The Morgan fingerprint density at radius 3 is 2.56 bits per heavy atom. The molecule has 3 aromatic carbocycles. The van der Waals surface area contributed by atoms with Crippen molar-refractivity contribution in [3.05, 3.63) is 95.2 Å². The molecule has 184 valence electrons. The van der Waals surface area contributed by atoms with E-state index in [1.165, 1.54) is 5.56 Å². The van der Waals surface area contributed by atoms with Crippen molar-refractivity contribution < 1.29 is 18.7 Å². The first-order chi connectivity index (χ1) is 17.5. The SMILES string of the molecule is Cc1ccc2c(NC(=O)c3cccc(OC4CCN(Cc5ccccc5)CC4)c3)c(C(N)=O)oc2c1. The summed E-state index contributed by atoms with van der Waals surface area (Å²) in [6, 6.07) is 23.1. The molecule has 2 heterocycles. The number of fused-ring (bicyclic) bond motifs is 1. The van der Waals surface area contributed by atoms with E-state index in [1.807, 2.05) is 25.1 Å². The average Bonchev–Trinajstić information content (AvgIpc) is 3.23. The Kier molecular flexibility index (Phi) is 6.73. The zero-order valence-corrected chi connectivity index (χ0v) is 20.2. The molecule has 7 nitrogen and oxygen atoms in total. The van der Waals surface area contributed by atoms with Crippen molar-refractivity contribution in [2.75, 3.05) is 18.4 Å². The predicted molar refractivity (Wildman–Crippen MR) is 139 cm³/mol. The van der Waals surface area contributed by atoms with Crippen LogP contribution in [0.1, 0.15) is 44.9 Å². The van der Waals surface area contributed by atoms with Gasteiger partial charge in [-0.2, -0.15) is 0 Å². The van der Waals surface area contributed by atoms with Crippen LogP contribution in [-0.4, -0.2) is 35.9 Å². The second kappa shape index (κ2) is 10.3. The van der Waals surface area contributed by atoms with Crippen molar-refractivity contribution in [2.24, 2.45) is 5.73 Å². The number of benzene rings is 3. The Labute approximate surface area is 209 Å². The van der Waals surface area contributed by atoms with E-state index in [2.05, 4.69) is 34.5 Å². The summed E-state index contributed by atoms with van der Waals surface area (Å²) in [6.07, 6.45) is 1.94. The van der Waals surface area contributed by atoms with E-state index in [0.29, 0.717) is 22.3 Å². The van der Waals surface area contributed by atoms with E-state index in [-0.39, 0.29) is 23.5 Å². The maximum Gasteiger partial charge on any atom is 0.286 e. The Hall–Kier alpha value is -4.10. The molecule has 0 unspecified atom stereocenters. The average molecular weight is 484 g/mol. The second-order valence-electron chi connectivity index (χ2n) is 9.23. The van der Waals surface area contributed by atoms with E-state index in [1.54, 1.807) is 30.3 Å². The van der Waals surface area contributed by atoms with Crippen LogP contribution in [0.2, 0.25) is 0 Å². The van der Waals surface area contributed by atoms with Crippen molar-refractivity contribution in [1.82, 2.24) is 4.90 Å². The normalized spacial score (nSPS) is 14.6. The Balaban J connectivity index is 1.24. The molecule has 0 spiro atoms. The van der Waals surface area contributed by atoms with Crippen LogP contribution in [0, 0.1) is 6.92 Å². The number of amides is 2. The molecule has 1 aromatic heterocycles. The van der Waals surface area contributed by atoms with Gasteiger partial charge in [-0.1, -0.05) is 42.5 Å². The third-order valence-electron chi connectivity index (χ3n) is 6.49. The zero-order chi connectivity index (χ0) is 25.1. The van der Waals surface area contributed by atoms with Crippen LogP contribution >= 0.6 is 0 Å². The van der Waals surface area contributed by atoms with Gasteiger partial charge >= 0.3 is 0 Å². The molecule has 4 aromatic rings. The largest absolute Gasteiger partial charge is 0.490 e. The van der Waals surface area contributed by atoms with Gasteiger partial charge in [-0.3, -0.25) is 14.5 Å². The van der Waals surface area contributed by atoms with Crippen LogP contribution in [-0.2, 0) is 6.54 Å². The van der Waals surface area contributed by atoms with E-state index < -0.39 is 5.91 Å². The fourth-order valence-corrected chi connectivity index (χ4v) is 4.62. The molecule has 5 rings (SSSR count). The topological polar surface area (TPSA) is 97.8 Å².